The monoisotopic (exact) mass is 651 g/mol. The molecular formula is C23H34ClF3N3O9PS. The summed E-state index contributed by atoms with van der Waals surface area (Å²) in [6.07, 6.45) is -11.8. The average Bonchev–Trinajstić information content (AvgIpc) is 3.10. The molecule has 0 radical (unpaired) electrons. The summed E-state index contributed by atoms with van der Waals surface area (Å²) < 4.78 is 65.3. The molecular weight excluding hydrogens is 618 g/mol. The molecule has 2 aliphatic rings. The number of esters is 2. The first-order chi connectivity index (χ1) is 18.8. The molecule has 3 N–H and O–H groups in total. The molecule has 1 amide bonds. The van der Waals surface area contributed by atoms with E-state index in [0.717, 1.165) is 6.20 Å². The van der Waals surface area contributed by atoms with Crippen molar-refractivity contribution in [2.75, 3.05) is 6.61 Å². The Labute approximate surface area is 245 Å². The predicted molar refractivity (Wildman–Crippen MR) is 143 cm³/mol. The number of carbonyl (C=O) groups is 4. The summed E-state index contributed by atoms with van der Waals surface area (Å²) in [7, 11) is 0. The number of ketones is 1. The number of Topliss-reactive ketones (excluding diaryl/α,β-unsaturated/α-hetero) is 1. The number of ether oxygens (including phenoxy) is 3. The van der Waals surface area contributed by atoms with E-state index in [-0.39, 0.29) is 0 Å². The van der Waals surface area contributed by atoms with Gasteiger partial charge >= 0.3 is 11.9 Å². The molecule has 2 rings (SSSR count). The van der Waals surface area contributed by atoms with Crippen molar-refractivity contribution in [3.05, 3.63) is 11.2 Å². The van der Waals surface area contributed by atoms with E-state index < -0.39 is 103 Å². The standard InChI is InChI=1S/C23H34ClF3N3O9PS/c1-10(2)37-20(34)12(5)28-40(41,29-13(6)21(35)38-11(3)4)36-9-23(22(26)27)18(33)17(25)19(39-23)30-8-14(24)15(31)7-16(30)32/h8,10-13,17-19,22,33H,7,9H2,1-6H3,(H2,28,29,41)/t12-,13-,17-,18-,19+,23+/m0/s1. The van der Waals surface area contributed by atoms with Crippen LogP contribution in [-0.4, -0.2) is 95.1 Å². The van der Waals surface area contributed by atoms with Crippen LogP contribution in [0.1, 0.15) is 48.0 Å². The second kappa shape index (κ2) is 14.2. The predicted octanol–water partition coefficient (Wildman–Crippen LogP) is 2.03. The summed E-state index contributed by atoms with van der Waals surface area (Å²) in [5.41, 5.74) is -3.07. The number of allylic oxidation sites excluding steroid dienone is 1. The number of alkyl halides is 3. The zero-order chi connectivity index (χ0) is 31.4. The van der Waals surface area contributed by atoms with Gasteiger partial charge in [-0.15, -0.1) is 0 Å². The number of nitrogens with zero attached hydrogens (tertiary/aromatic N) is 1. The van der Waals surface area contributed by atoms with Crippen molar-refractivity contribution < 1.29 is 56.2 Å². The van der Waals surface area contributed by atoms with E-state index in [9.17, 15) is 33.1 Å². The molecule has 0 aromatic carbocycles. The molecule has 0 spiro atoms. The normalized spacial score (nSPS) is 26.9. The van der Waals surface area contributed by atoms with Crippen LogP contribution in [0.2, 0.25) is 0 Å². The molecule has 1 fully saturated rings. The van der Waals surface area contributed by atoms with Crippen LogP contribution in [0.4, 0.5) is 13.2 Å². The molecule has 41 heavy (non-hydrogen) atoms. The highest BCUT2D eigenvalue weighted by atomic mass is 35.5. The maximum absolute atomic E-state index is 15.2. The number of carbonyl (C=O) groups excluding carboxylic acids is 4. The topological polar surface area (TPSA) is 153 Å². The Hall–Kier alpha value is -1.65. The quantitative estimate of drug-likeness (QED) is 0.152. The van der Waals surface area contributed by atoms with Crippen molar-refractivity contribution in [2.24, 2.45) is 0 Å². The van der Waals surface area contributed by atoms with E-state index in [1.54, 1.807) is 27.7 Å². The first kappa shape index (κ1) is 35.5. The Morgan fingerprint density at radius 2 is 1.63 bits per heavy atom. The first-order valence-corrected chi connectivity index (χ1v) is 15.6. The largest absolute Gasteiger partial charge is 0.462 e. The van der Waals surface area contributed by atoms with E-state index in [1.807, 2.05) is 0 Å². The number of rotatable bonds is 13. The second-order valence-electron chi connectivity index (χ2n) is 10.0. The van der Waals surface area contributed by atoms with E-state index in [1.165, 1.54) is 13.8 Å². The van der Waals surface area contributed by atoms with Gasteiger partial charge in [-0.25, -0.2) is 23.3 Å². The van der Waals surface area contributed by atoms with Crippen molar-refractivity contribution in [2.45, 2.75) is 103 Å². The molecule has 6 atom stereocenters. The minimum absolute atomic E-state index is 0.464. The van der Waals surface area contributed by atoms with Crippen molar-refractivity contribution in [1.82, 2.24) is 15.1 Å². The highest BCUT2D eigenvalue weighted by Gasteiger charge is 2.63. The van der Waals surface area contributed by atoms with Gasteiger partial charge in [0.05, 0.1) is 25.2 Å². The Balaban J connectivity index is 2.37. The number of aliphatic hydroxyl groups excluding tert-OH is 1. The van der Waals surface area contributed by atoms with Crippen LogP contribution in [0, 0.1) is 0 Å². The van der Waals surface area contributed by atoms with Gasteiger partial charge in [0.15, 0.2) is 30.4 Å². The van der Waals surface area contributed by atoms with Crippen LogP contribution in [0.3, 0.4) is 0 Å². The third-order valence-electron chi connectivity index (χ3n) is 5.79. The van der Waals surface area contributed by atoms with Crippen LogP contribution in [0.5, 0.6) is 0 Å². The number of hydrogen-bond donors (Lipinski definition) is 3. The number of aliphatic hydroxyl groups is 1. The second-order valence-corrected chi connectivity index (χ2v) is 13.9. The van der Waals surface area contributed by atoms with E-state index in [4.69, 9.17) is 42.1 Å². The van der Waals surface area contributed by atoms with Crippen molar-refractivity contribution in [3.63, 3.8) is 0 Å². The molecule has 18 heteroatoms. The summed E-state index contributed by atoms with van der Waals surface area (Å²) in [6.45, 7) is 3.98. The zero-order valence-corrected chi connectivity index (χ0v) is 25.6. The summed E-state index contributed by atoms with van der Waals surface area (Å²) in [4.78, 5) is 49.4. The van der Waals surface area contributed by atoms with E-state index >= 15 is 4.39 Å². The van der Waals surface area contributed by atoms with Crippen LogP contribution >= 0.6 is 18.2 Å². The van der Waals surface area contributed by atoms with Gasteiger partial charge in [0, 0.05) is 6.20 Å². The van der Waals surface area contributed by atoms with Crippen LogP contribution < -0.4 is 10.2 Å². The Bertz CT molecular complexity index is 1070. The molecule has 0 saturated carbocycles. The van der Waals surface area contributed by atoms with Gasteiger partial charge in [-0.2, -0.15) is 0 Å². The third kappa shape index (κ3) is 8.69. The van der Waals surface area contributed by atoms with Gasteiger partial charge in [0.1, 0.15) is 23.2 Å². The lowest BCUT2D eigenvalue weighted by molar-refractivity contribution is -0.198. The van der Waals surface area contributed by atoms with Crippen LogP contribution in [0.15, 0.2) is 11.2 Å². The number of hydrogen-bond acceptors (Lipinski definition) is 10. The SMILES string of the molecule is CC(C)OC(=O)[C@H](C)NP(=S)(N[C@@H](C)C(=O)OC(C)C)OC[C@@]1(C(F)F)O[C@@H](N2C=C(Cl)C(=O)CC2=O)[C@@H](F)[C@@H]1O. The van der Waals surface area contributed by atoms with E-state index in [0.29, 0.717) is 4.90 Å². The highest BCUT2D eigenvalue weighted by Crippen LogP contribution is 2.46. The van der Waals surface area contributed by atoms with Gasteiger partial charge in [-0.05, 0) is 53.3 Å². The summed E-state index contributed by atoms with van der Waals surface area (Å²) >= 11 is 11.3. The number of amides is 1. The molecule has 0 aromatic heterocycles. The van der Waals surface area contributed by atoms with Gasteiger partial charge < -0.3 is 23.8 Å². The van der Waals surface area contributed by atoms with Crippen LogP contribution in [-0.2, 0) is 49.7 Å². The Kier molecular flexibility index (Phi) is 12.3. The smallest absolute Gasteiger partial charge is 0.323 e. The summed E-state index contributed by atoms with van der Waals surface area (Å²) in [6, 6.07) is -2.34. The first-order valence-electron chi connectivity index (χ1n) is 12.5. The maximum atomic E-state index is 15.2. The number of halogens is 4. The van der Waals surface area contributed by atoms with Gasteiger partial charge in [-0.3, -0.25) is 24.1 Å². The van der Waals surface area contributed by atoms with Crippen molar-refractivity contribution in [3.8, 4) is 0 Å². The van der Waals surface area contributed by atoms with Crippen molar-refractivity contribution in [1.29, 1.82) is 0 Å². The lowest BCUT2D eigenvalue weighted by Gasteiger charge is -2.36. The average molecular weight is 652 g/mol. The molecule has 1 saturated heterocycles. The Morgan fingerprint density at radius 3 is 2.07 bits per heavy atom. The minimum Gasteiger partial charge on any atom is -0.462 e. The highest BCUT2D eigenvalue weighted by molar-refractivity contribution is 8.10. The maximum Gasteiger partial charge on any atom is 0.323 e. The fourth-order valence-electron chi connectivity index (χ4n) is 3.74. The van der Waals surface area contributed by atoms with Gasteiger partial charge in [0.2, 0.25) is 5.91 Å². The Morgan fingerprint density at radius 1 is 1.15 bits per heavy atom. The van der Waals surface area contributed by atoms with Crippen molar-refractivity contribution >= 4 is 53.6 Å². The molecule has 0 aromatic rings. The molecule has 0 aliphatic carbocycles. The molecule has 2 aliphatic heterocycles. The molecule has 12 nitrogen and oxygen atoms in total. The zero-order valence-electron chi connectivity index (χ0n) is 23.1. The lowest BCUT2D eigenvalue weighted by Crippen LogP contribution is -2.53. The molecule has 0 unspecified atom stereocenters. The molecule has 234 valence electrons. The van der Waals surface area contributed by atoms with Crippen LogP contribution in [0.25, 0.3) is 0 Å². The van der Waals surface area contributed by atoms with Gasteiger partial charge in [0.25, 0.3) is 6.43 Å². The fraction of sp³-hybridized carbons (Fsp3) is 0.739. The number of nitrogens with one attached hydrogen (secondary N) is 2. The molecule has 2 heterocycles. The molecule has 0 bridgehead atoms. The summed E-state index contributed by atoms with van der Waals surface area (Å²) in [5.74, 6) is -3.31. The third-order valence-corrected chi connectivity index (χ3v) is 8.99. The minimum atomic E-state index is -3.86. The fourth-order valence-corrected chi connectivity index (χ4v) is 6.86. The van der Waals surface area contributed by atoms with Gasteiger partial charge in [-0.1, -0.05) is 11.6 Å². The van der Waals surface area contributed by atoms with E-state index in [2.05, 4.69) is 10.2 Å². The lowest BCUT2D eigenvalue weighted by atomic mass is 9.97. The summed E-state index contributed by atoms with van der Waals surface area (Å²) in [5, 5.41) is 15.4.